The number of methoxy groups -OCH3 is 1. The van der Waals surface area contributed by atoms with Gasteiger partial charge in [-0.3, -0.25) is 0 Å². The first kappa shape index (κ1) is 26.2. The van der Waals surface area contributed by atoms with Crippen LogP contribution in [0.25, 0.3) is 0 Å². The first-order valence-electron chi connectivity index (χ1n) is 10.6. The summed E-state index contributed by atoms with van der Waals surface area (Å²) in [5, 5.41) is 9.88. The lowest BCUT2D eigenvalue weighted by Crippen LogP contribution is -2.54. The van der Waals surface area contributed by atoms with Crippen LogP contribution >= 0.6 is 0 Å². The summed E-state index contributed by atoms with van der Waals surface area (Å²) in [7, 11) is 1.51. The first-order valence-corrected chi connectivity index (χ1v) is 10.6. The maximum Gasteiger partial charge on any atom is 0.336 e. The Hall–Kier alpha value is -0.830. The summed E-state index contributed by atoms with van der Waals surface area (Å²) in [6.45, 7) is 21.8. The molecule has 0 aromatic rings. The number of aliphatic carboxylic acids is 1. The smallest absolute Gasteiger partial charge is 0.336 e. The zero-order valence-corrected chi connectivity index (χ0v) is 20.0. The van der Waals surface area contributed by atoms with E-state index in [-0.39, 0.29) is 10.8 Å². The molecule has 27 heavy (non-hydrogen) atoms. The minimum Gasteiger partial charge on any atom is -0.479 e. The molecule has 0 bridgehead atoms. The van der Waals surface area contributed by atoms with E-state index >= 15 is 0 Å². The summed E-state index contributed by atoms with van der Waals surface area (Å²) in [4.78, 5) is 12.0. The second kappa shape index (κ2) is 9.11. The highest BCUT2D eigenvalue weighted by molar-refractivity contribution is 5.78. The van der Waals surface area contributed by atoms with E-state index in [1.165, 1.54) is 7.11 Å². The number of hydrogen-bond acceptors (Lipinski definition) is 2. The van der Waals surface area contributed by atoms with Gasteiger partial charge in [-0.25, -0.2) is 4.79 Å². The SMILES string of the molecule is CCC(C)(C)CC=CC(C)(CC)C(C)(C)CC(C)(CC)C(C)(OC)C(=O)O. The predicted molar refractivity (Wildman–Crippen MR) is 116 cm³/mol. The van der Waals surface area contributed by atoms with Gasteiger partial charge in [-0.05, 0) is 48.9 Å². The predicted octanol–water partition coefficient (Wildman–Crippen LogP) is 7.11. The zero-order chi connectivity index (χ0) is 21.7. The monoisotopic (exact) mass is 382 g/mol. The Morgan fingerprint density at radius 1 is 0.926 bits per heavy atom. The van der Waals surface area contributed by atoms with Crippen LogP contribution in [0.3, 0.4) is 0 Å². The van der Waals surface area contributed by atoms with Crippen molar-refractivity contribution in [2.45, 2.75) is 107 Å². The number of allylic oxidation sites excluding steroid dienone is 2. The molecule has 0 radical (unpaired) electrons. The second-order valence-corrected chi connectivity index (χ2v) is 10.4. The Balaban J connectivity index is 5.84. The van der Waals surface area contributed by atoms with Crippen molar-refractivity contribution in [3.63, 3.8) is 0 Å². The van der Waals surface area contributed by atoms with Crippen molar-refractivity contribution >= 4 is 5.97 Å². The van der Waals surface area contributed by atoms with Gasteiger partial charge in [0.25, 0.3) is 0 Å². The fourth-order valence-electron chi connectivity index (χ4n) is 4.00. The third kappa shape index (κ3) is 5.59. The molecular weight excluding hydrogens is 336 g/mol. The van der Waals surface area contributed by atoms with Crippen LogP contribution in [0.4, 0.5) is 0 Å². The van der Waals surface area contributed by atoms with Crippen molar-refractivity contribution in [2.75, 3.05) is 7.11 Å². The Morgan fingerprint density at radius 3 is 1.78 bits per heavy atom. The molecule has 3 heteroatoms. The number of ether oxygens (including phenoxy) is 1. The fourth-order valence-corrected chi connectivity index (χ4v) is 4.00. The lowest BCUT2D eigenvalue weighted by Gasteiger charge is -2.51. The van der Waals surface area contributed by atoms with E-state index in [4.69, 9.17) is 4.74 Å². The van der Waals surface area contributed by atoms with Gasteiger partial charge in [-0.1, -0.05) is 80.9 Å². The van der Waals surface area contributed by atoms with Gasteiger partial charge in [0, 0.05) is 12.5 Å². The molecule has 0 heterocycles. The van der Waals surface area contributed by atoms with Crippen LogP contribution in [0.5, 0.6) is 0 Å². The van der Waals surface area contributed by atoms with E-state index in [1.54, 1.807) is 6.92 Å². The molecule has 0 aliphatic rings. The van der Waals surface area contributed by atoms with E-state index in [9.17, 15) is 9.90 Å². The van der Waals surface area contributed by atoms with E-state index < -0.39 is 17.0 Å². The second-order valence-electron chi connectivity index (χ2n) is 10.4. The zero-order valence-electron chi connectivity index (χ0n) is 20.0. The summed E-state index contributed by atoms with van der Waals surface area (Å²) >= 11 is 0. The normalized spacial score (nSPS) is 20.1. The lowest BCUT2D eigenvalue weighted by atomic mass is 9.55. The van der Waals surface area contributed by atoms with Crippen molar-refractivity contribution in [3.8, 4) is 0 Å². The van der Waals surface area contributed by atoms with Crippen molar-refractivity contribution in [1.82, 2.24) is 0 Å². The van der Waals surface area contributed by atoms with Gasteiger partial charge < -0.3 is 9.84 Å². The summed E-state index contributed by atoms with van der Waals surface area (Å²) in [6.07, 6.45) is 9.47. The highest BCUT2D eigenvalue weighted by atomic mass is 16.5. The summed E-state index contributed by atoms with van der Waals surface area (Å²) in [5.41, 5.74) is -1.45. The number of carbonyl (C=O) groups is 1. The van der Waals surface area contributed by atoms with Crippen LogP contribution < -0.4 is 0 Å². The van der Waals surface area contributed by atoms with Gasteiger partial charge in [-0.15, -0.1) is 0 Å². The van der Waals surface area contributed by atoms with Gasteiger partial charge in [0.1, 0.15) is 0 Å². The number of rotatable bonds is 12. The molecule has 0 fully saturated rings. The standard InChI is InChI=1S/C24H46O3/c1-12-20(4,5)16-15-17-22(8,13-2)21(6,7)18-23(9,14-3)24(10,27-11)19(25)26/h15,17H,12-14,16,18H2,1-11H3,(H,25,26). The number of carboxylic acids is 1. The third-order valence-corrected chi connectivity index (χ3v) is 7.97. The number of carboxylic acid groups (broad SMARTS) is 1. The molecule has 3 nitrogen and oxygen atoms in total. The summed E-state index contributed by atoms with van der Waals surface area (Å²) in [6, 6.07) is 0. The van der Waals surface area contributed by atoms with Crippen molar-refractivity contribution in [1.29, 1.82) is 0 Å². The molecule has 0 rings (SSSR count). The van der Waals surface area contributed by atoms with Gasteiger partial charge in [0.15, 0.2) is 5.60 Å². The molecule has 0 spiro atoms. The highest BCUT2D eigenvalue weighted by Crippen LogP contribution is 2.54. The van der Waals surface area contributed by atoms with Gasteiger partial charge >= 0.3 is 5.97 Å². The van der Waals surface area contributed by atoms with Crippen LogP contribution in [0.1, 0.15) is 101 Å². The maximum absolute atomic E-state index is 12.0. The summed E-state index contributed by atoms with van der Waals surface area (Å²) < 4.78 is 5.57. The lowest BCUT2D eigenvalue weighted by molar-refractivity contribution is -0.183. The van der Waals surface area contributed by atoms with Crippen LogP contribution in [0.15, 0.2) is 12.2 Å². The highest BCUT2D eigenvalue weighted by Gasteiger charge is 2.54. The van der Waals surface area contributed by atoms with Crippen LogP contribution in [0.2, 0.25) is 0 Å². The topological polar surface area (TPSA) is 46.5 Å². The molecule has 160 valence electrons. The molecule has 0 aromatic heterocycles. The molecule has 0 aliphatic carbocycles. The molecule has 3 unspecified atom stereocenters. The Morgan fingerprint density at radius 2 is 1.44 bits per heavy atom. The molecule has 0 aliphatic heterocycles. The van der Waals surface area contributed by atoms with Crippen LogP contribution in [-0.2, 0) is 9.53 Å². The molecular formula is C24H46O3. The van der Waals surface area contributed by atoms with Crippen LogP contribution in [0, 0.1) is 21.7 Å². The Bertz CT molecular complexity index is 520. The van der Waals surface area contributed by atoms with Crippen molar-refractivity contribution in [3.05, 3.63) is 12.2 Å². The van der Waals surface area contributed by atoms with Gasteiger partial charge in [-0.2, -0.15) is 0 Å². The maximum atomic E-state index is 12.0. The molecule has 0 saturated heterocycles. The Labute approximate surface area is 169 Å². The largest absolute Gasteiger partial charge is 0.479 e. The minimum absolute atomic E-state index is 0.0135. The third-order valence-electron chi connectivity index (χ3n) is 7.97. The average molecular weight is 383 g/mol. The van der Waals surface area contributed by atoms with Crippen molar-refractivity contribution < 1.29 is 14.6 Å². The molecule has 1 N–H and O–H groups in total. The van der Waals surface area contributed by atoms with E-state index in [0.29, 0.717) is 5.41 Å². The molecule has 3 atom stereocenters. The molecule has 0 aromatic carbocycles. The summed E-state index contributed by atoms with van der Waals surface area (Å²) in [5.74, 6) is -0.886. The molecule has 0 saturated carbocycles. The van der Waals surface area contributed by atoms with Gasteiger partial charge in [0.2, 0.25) is 0 Å². The quantitative estimate of drug-likeness (QED) is 0.366. The van der Waals surface area contributed by atoms with E-state index in [1.807, 2.05) is 0 Å². The van der Waals surface area contributed by atoms with E-state index in [0.717, 1.165) is 32.1 Å². The first-order chi connectivity index (χ1) is 12.1. The molecule has 0 amide bonds. The fraction of sp³-hybridized carbons (Fsp3) is 0.875. The van der Waals surface area contributed by atoms with Crippen LogP contribution in [-0.4, -0.2) is 23.8 Å². The van der Waals surface area contributed by atoms with E-state index in [2.05, 4.69) is 74.5 Å². The van der Waals surface area contributed by atoms with Gasteiger partial charge in [0.05, 0.1) is 0 Å². The van der Waals surface area contributed by atoms with Crippen molar-refractivity contribution in [2.24, 2.45) is 21.7 Å². The number of hydrogen-bond donors (Lipinski definition) is 1. The Kier molecular flexibility index (Phi) is 8.83. The average Bonchev–Trinajstić information content (AvgIpc) is 2.59. The minimum atomic E-state index is -1.21.